The number of benzene rings is 1. The summed E-state index contributed by atoms with van der Waals surface area (Å²) in [5.41, 5.74) is 8.49. The summed E-state index contributed by atoms with van der Waals surface area (Å²) in [5.74, 6) is 0. The summed E-state index contributed by atoms with van der Waals surface area (Å²) in [6.07, 6.45) is 3.77. The SMILES string of the molecule is Cc1cccc(-n2nc(-c3cnn(C)c3C)cc2-c2cnn(C)c2C)c1. The number of rotatable bonds is 3. The highest BCUT2D eigenvalue weighted by molar-refractivity contribution is 5.72. The molecule has 0 fully saturated rings. The zero-order valence-corrected chi connectivity index (χ0v) is 15.7. The van der Waals surface area contributed by atoms with Gasteiger partial charge >= 0.3 is 0 Å². The Balaban J connectivity index is 1.96. The molecule has 0 atom stereocenters. The molecule has 3 heterocycles. The van der Waals surface area contributed by atoms with Gasteiger partial charge < -0.3 is 0 Å². The molecule has 6 nitrogen and oxygen atoms in total. The maximum atomic E-state index is 4.92. The molecule has 3 aromatic heterocycles. The third-order valence-corrected chi connectivity index (χ3v) is 4.98. The fraction of sp³-hybridized carbons (Fsp3) is 0.250. The van der Waals surface area contributed by atoms with Crippen LogP contribution in [0.25, 0.3) is 28.2 Å². The van der Waals surface area contributed by atoms with Gasteiger partial charge in [0, 0.05) is 36.6 Å². The summed E-state index contributed by atoms with van der Waals surface area (Å²) in [6, 6.07) is 10.5. The molecule has 0 N–H and O–H groups in total. The van der Waals surface area contributed by atoms with Gasteiger partial charge in [0.05, 0.1) is 29.5 Å². The van der Waals surface area contributed by atoms with Crippen molar-refractivity contribution in [3.8, 4) is 28.2 Å². The second-order valence-electron chi connectivity index (χ2n) is 6.70. The second kappa shape index (κ2) is 5.98. The number of nitrogens with zero attached hydrogens (tertiary/aromatic N) is 6. The van der Waals surface area contributed by atoms with Crippen molar-refractivity contribution in [3.05, 3.63) is 59.7 Å². The van der Waals surface area contributed by atoms with Crippen LogP contribution in [0.1, 0.15) is 17.0 Å². The number of hydrogen-bond donors (Lipinski definition) is 0. The average molecular weight is 346 g/mol. The van der Waals surface area contributed by atoms with Crippen molar-refractivity contribution in [2.75, 3.05) is 0 Å². The van der Waals surface area contributed by atoms with E-state index in [2.05, 4.69) is 61.3 Å². The zero-order chi connectivity index (χ0) is 18.4. The Labute approximate surface area is 152 Å². The summed E-state index contributed by atoms with van der Waals surface area (Å²) >= 11 is 0. The lowest BCUT2D eigenvalue weighted by molar-refractivity contribution is 0.740. The third-order valence-electron chi connectivity index (χ3n) is 4.98. The molecule has 0 radical (unpaired) electrons. The van der Waals surface area contributed by atoms with E-state index in [0.717, 1.165) is 39.6 Å². The predicted molar refractivity (Wildman–Crippen MR) is 102 cm³/mol. The Hall–Kier alpha value is -3.15. The van der Waals surface area contributed by atoms with Crippen molar-refractivity contribution in [1.29, 1.82) is 0 Å². The van der Waals surface area contributed by atoms with Crippen molar-refractivity contribution in [3.63, 3.8) is 0 Å². The molecule has 0 aliphatic rings. The van der Waals surface area contributed by atoms with E-state index >= 15 is 0 Å². The fourth-order valence-electron chi connectivity index (χ4n) is 3.16. The standard InChI is InChI=1S/C20H22N6/c1-13-7-6-8-16(9-13)26-20(18-12-22-25(5)15(18)3)10-19(23-26)17-11-21-24(4)14(17)2/h6-12H,1-5H3. The van der Waals surface area contributed by atoms with E-state index in [0.29, 0.717) is 0 Å². The molecular weight excluding hydrogens is 324 g/mol. The molecule has 0 saturated carbocycles. The van der Waals surface area contributed by atoms with Crippen LogP contribution in [0.2, 0.25) is 0 Å². The third kappa shape index (κ3) is 2.54. The van der Waals surface area contributed by atoms with Crippen LogP contribution in [-0.2, 0) is 14.1 Å². The van der Waals surface area contributed by atoms with Crippen LogP contribution >= 0.6 is 0 Å². The molecular formula is C20H22N6. The van der Waals surface area contributed by atoms with Crippen LogP contribution < -0.4 is 0 Å². The summed E-state index contributed by atoms with van der Waals surface area (Å²) in [4.78, 5) is 0. The van der Waals surface area contributed by atoms with Gasteiger partial charge in [0.15, 0.2) is 0 Å². The lowest BCUT2D eigenvalue weighted by Gasteiger charge is -2.08. The Morgan fingerprint density at radius 3 is 2.04 bits per heavy atom. The molecule has 4 rings (SSSR count). The van der Waals surface area contributed by atoms with Crippen molar-refractivity contribution < 1.29 is 0 Å². The molecule has 0 saturated heterocycles. The Morgan fingerprint density at radius 2 is 1.46 bits per heavy atom. The maximum Gasteiger partial charge on any atom is 0.0968 e. The van der Waals surface area contributed by atoms with Crippen molar-refractivity contribution in [2.45, 2.75) is 20.8 Å². The van der Waals surface area contributed by atoms with Crippen LogP contribution in [0.5, 0.6) is 0 Å². The van der Waals surface area contributed by atoms with Crippen molar-refractivity contribution in [2.24, 2.45) is 14.1 Å². The highest BCUT2D eigenvalue weighted by Gasteiger charge is 2.18. The maximum absolute atomic E-state index is 4.92. The Kier molecular flexibility index (Phi) is 3.76. The van der Waals surface area contributed by atoms with Gasteiger partial charge in [-0.15, -0.1) is 0 Å². The minimum atomic E-state index is 0.912. The van der Waals surface area contributed by atoms with Crippen LogP contribution in [-0.4, -0.2) is 29.3 Å². The van der Waals surface area contributed by atoms with Gasteiger partial charge in [-0.1, -0.05) is 12.1 Å². The van der Waals surface area contributed by atoms with Gasteiger partial charge in [-0.3, -0.25) is 9.36 Å². The minimum Gasteiger partial charge on any atom is -0.272 e. The normalized spacial score (nSPS) is 11.3. The van der Waals surface area contributed by atoms with E-state index in [1.54, 1.807) is 0 Å². The topological polar surface area (TPSA) is 53.5 Å². The molecule has 0 spiro atoms. The van der Waals surface area contributed by atoms with E-state index in [4.69, 9.17) is 5.10 Å². The molecule has 1 aromatic carbocycles. The van der Waals surface area contributed by atoms with Gasteiger partial charge in [0.1, 0.15) is 0 Å². The van der Waals surface area contributed by atoms with E-state index in [-0.39, 0.29) is 0 Å². The van der Waals surface area contributed by atoms with Gasteiger partial charge in [0.25, 0.3) is 0 Å². The first-order valence-electron chi connectivity index (χ1n) is 8.60. The molecule has 4 aromatic rings. The summed E-state index contributed by atoms with van der Waals surface area (Å²) in [7, 11) is 3.90. The van der Waals surface area contributed by atoms with E-state index < -0.39 is 0 Å². The predicted octanol–water partition coefficient (Wildman–Crippen LogP) is 3.60. The first kappa shape index (κ1) is 16.3. The molecule has 0 aliphatic heterocycles. The number of aromatic nitrogens is 6. The van der Waals surface area contributed by atoms with Crippen LogP contribution in [0.15, 0.2) is 42.7 Å². The van der Waals surface area contributed by atoms with Gasteiger partial charge in [-0.25, -0.2) is 4.68 Å². The average Bonchev–Trinajstić information content (AvgIpc) is 3.28. The lowest BCUT2D eigenvalue weighted by Crippen LogP contribution is -2.00. The largest absolute Gasteiger partial charge is 0.272 e. The van der Waals surface area contributed by atoms with Crippen LogP contribution in [0.3, 0.4) is 0 Å². The summed E-state index contributed by atoms with van der Waals surface area (Å²) in [5, 5.41) is 13.7. The Bertz CT molecular complexity index is 1100. The minimum absolute atomic E-state index is 0.912. The highest BCUT2D eigenvalue weighted by atomic mass is 15.3. The lowest BCUT2D eigenvalue weighted by atomic mass is 10.1. The van der Waals surface area contributed by atoms with Gasteiger partial charge in [-0.05, 0) is 44.5 Å². The first-order chi connectivity index (χ1) is 12.5. The molecule has 6 heteroatoms. The first-order valence-corrected chi connectivity index (χ1v) is 8.60. The Morgan fingerprint density at radius 1 is 0.808 bits per heavy atom. The molecule has 26 heavy (non-hydrogen) atoms. The highest BCUT2D eigenvalue weighted by Crippen LogP contribution is 2.31. The van der Waals surface area contributed by atoms with Crippen molar-refractivity contribution in [1.82, 2.24) is 29.3 Å². The molecule has 0 unspecified atom stereocenters. The number of hydrogen-bond acceptors (Lipinski definition) is 3. The summed E-state index contributed by atoms with van der Waals surface area (Å²) < 4.78 is 5.76. The van der Waals surface area contributed by atoms with E-state index in [1.165, 1.54) is 5.56 Å². The fourth-order valence-corrected chi connectivity index (χ4v) is 3.16. The summed E-state index contributed by atoms with van der Waals surface area (Å²) in [6.45, 7) is 6.22. The van der Waals surface area contributed by atoms with Gasteiger partial charge in [0.2, 0.25) is 0 Å². The monoisotopic (exact) mass is 346 g/mol. The molecule has 0 bridgehead atoms. The molecule has 0 aliphatic carbocycles. The van der Waals surface area contributed by atoms with E-state index in [1.807, 2.05) is 40.5 Å². The second-order valence-corrected chi connectivity index (χ2v) is 6.70. The molecule has 132 valence electrons. The van der Waals surface area contributed by atoms with Crippen LogP contribution in [0, 0.1) is 20.8 Å². The van der Waals surface area contributed by atoms with Gasteiger partial charge in [-0.2, -0.15) is 15.3 Å². The zero-order valence-electron chi connectivity index (χ0n) is 15.7. The smallest absolute Gasteiger partial charge is 0.0968 e. The quantitative estimate of drug-likeness (QED) is 0.569. The van der Waals surface area contributed by atoms with Crippen LogP contribution in [0.4, 0.5) is 0 Å². The van der Waals surface area contributed by atoms with Crippen molar-refractivity contribution >= 4 is 0 Å². The number of aryl methyl sites for hydroxylation is 3. The molecule has 0 amide bonds. The van der Waals surface area contributed by atoms with E-state index in [9.17, 15) is 0 Å².